The number of ether oxygens (including phenoxy) is 1. The molecule has 3 rings (SSSR count). The number of alkyl halides is 6. The molecule has 0 aromatic heterocycles. The van der Waals surface area contributed by atoms with Crippen LogP contribution in [0.15, 0.2) is 23.4 Å². The first-order valence-electron chi connectivity index (χ1n) is 9.53. The van der Waals surface area contributed by atoms with Crippen LogP contribution in [-0.2, 0) is 19.2 Å². The Hall–Kier alpha value is -2.93. The monoisotopic (exact) mass is 488 g/mol. The van der Waals surface area contributed by atoms with Gasteiger partial charge in [0.15, 0.2) is 6.61 Å². The summed E-state index contributed by atoms with van der Waals surface area (Å²) in [5, 5.41) is 5.30. The lowest BCUT2D eigenvalue weighted by molar-refractivity contribution is -0.259. The van der Waals surface area contributed by atoms with E-state index in [2.05, 4.69) is 20.0 Å². The molecule has 0 spiro atoms. The number of benzene rings is 1. The predicted molar refractivity (Wildman–Crippen MR) is 93.7 cm³/mol. The Bertz CT molecular complexity index is 942. The topological polar surface area (TPSA) is 77.0 Å². The van der Waals surface area contributed by atoms with Crippen molar-refractivity contribution in [2.45, 2.75) is 49.7 Å². The fourth-order valence-corrected chi connectivity index (χ4v) is 3.61. The Morgan fingerprint density at radius 2 is 1.73 bits per heavy atom. The second-order valence-corrected chi connectivity index (χ2v) is 7.69. The van der Waals surface area contributed by atoms with E-state index >= 15 is 0 Å². The third-order valence-electron chi connectivity index (χ3n) is 5.23. The van der Waals surface area contributed by atoms with E-state index in [9.17, 15) is 44.7 Å². The zero-order chi connectivity index (χ0) is 24.6. The summed E-state index contributed by atoms with van der Waals surface area (Å²) in [5.41, 5.74) is -4.35. The average Bonchev–Trinajstić information content (AvgIpc) is 3.32. The minimum atomic E-state index is -5.28. The smallest absolute Gasteiger partial charge is 0.440 e. The summed E-state index contributed by atoms with van der Waals surface area (Å²) in [6.07, 6.45) is -11.4. The molecule has 1 N–H and O–H groups in total. The Kier molecular flexibility index (Phi) is 6.58. The third-order valence-corrected chi connectivity index (χ3v) is 5.23. The maximum Gasteiger partial charge on any atom is 0.440 e. The summed E-state index contributed by atoms with van der Waals surface area (Å²) < 4.78 is 109. The fraction of sp³-hybridized carbons (Fsp3) is 0.526. The van der Waals surface area contributed by atoms with Gasteiger partial charge >= 0.3 is 23.9 Å². The largest absolute Gasteiger partial charge is 0.456 e. The highest BCUT2D eigenvalue weighted by atomic mass is 19.4. The van der Waals surface area contributed by atoms with Crippen molar-refractivity contribution in [3.8, 4) is 0 Å². The Morgan fingerprint density at radius 1 is 1.09 bits per heavy atom. The molecule has 0 saturated heterocycles. The van der Waals surface area contributed by atoms with Gasteiger partial charge in [-0.2, -0.15) is 26.3 Å². The lowest BCUT2D eigenvalue weighted by Crippen LogP contribution is -2.58. The van der Waals surface area contributed by atoms with E-state index < -0.39 is 72.2 Å². The summed E-state index contributed by atoms with van der Waals surface area (Å²) >= 11 is 0. The average molecular weight is 488 g/mol. The van der Waals surface area contributed by atoms with Gasteiger partial charge < -0.3 is 14.9 Å². The maximum atomic E-state index is 13.8. The van der Waals surface area contributed by atoms with Crippen molar-refractivity contribution in [2.75, 3.05) is 6.61 Å². The molecule has 33 heavy (non-hydrogen) atoms. The predicted octanol–water partition coefficient (Wildman–Crippen LogP) is 3.78. The first-order chi connectivity index (χ1) is 15.2. The van der Waals surface area contributed by atoms with E-state index in [1.807, 2.05) is 0 Å². The molecule has 1 aromatic rings. The van der Waals surface area contributed by atoms with Crippen LogP contribution in [0.3, 0.4) is 0 Å². The zero-order valence-electron chi connectivity index (χ0n) is 16.5. The van der Waals surface area contributed by atoms with Crippen LogP contribution in [0.2, 0.25) is 0 Å². The Labute approximate surface area is 180 Å². The van der Waals surface area contributed by atoms with Crippen LogP contribution < -0.4 is 5.32 Å². The molecule has 1 aromatic carbocycles. The van der Waals surface area contributed by atoms with E-state index in [-0.39, 0.29) is 24.8 Å². The van der Waals surface area contributed by atoms with Crippen molar-refractivity contribution < 1.29 is 54.3 Å². The van der Waals surface area contributed by atoms with Crippen LogP contribution in [0, 0.1) is 17.6 Å². The lowest BCUT2D eigenvalue weighted by atomic mass is 9.92. The van der Waals surface area contributed by atoms with Gasteiger partial charge in [-0.15, -0.1) is 0 Å². The number of nitrogens with zero attached hydrogens (tertiary/aromatic N) is 1. The summed E-state index contributed by atoms with van der Waals surface area (Å²) in [6, 6.07) is 0.979. The number of nitrogens with one attached hydrogen (secondary N) is 1. The summed E-state index contributed by atoms with van der Waals surface area (Å²) in [5.74, 6) is -6.01. The highest BCUT2D eigenvalue weighted by molar-refractivity contribution is 6.05. The summed E-state index contributed by atoms with van der Waals surface area (Å²) in [4.78, 5) is 28.8. The van der Waals surface area contributed by atoms with Crippen molar-refractivity contribution in [2.24, 2.45) is 11.1 Å². The van der Waals surface area contributed by atoms with Gasteiger partial charge in [0.1, 0.15) is 11.6 Å². The van der Waals surface area contributed by atoms with Crippen LogP contribution in [0.1, 0.15) is 31.2 Å². The van der Waals surface area contributed by atoms with Gasteiger partial charge in [0, 0.05) is 17.7 Å². The first kappa shape index (κ1) is 24.7. The van der Waals surface area contributed by atoms with Gasteiger partial charge in [-0.1, -0.05) is 5.16 Å². The van der Waals surface area contributed by atoms with Crippen LogP contribution in [0.5, 0.6) is 0 Å². The van der Waals surface area contributed by atoms with Gasteiger partial charge in [-0.25, -0.2) is 8.78 Å². The van der Waals surface area contributed by atoms with Crippen molar-refractivity contribution in [3.05, 3.63) is 35.4 Å². The molecular weight excluding hydrogens is 472 g/mol. The summed E-state index contributed by atoms with van der Waals surface area (Å²) in [7, 11) is 0. The quantitative estimate of drug-likeness (QED) is 0.506. The minimum absolute atomic E-state index is 0.00810. The number of halogens is 8. The molecule has 0 bridgehead atoms. The number of oxime groups is 1. The second-order valence-electron chi connectivity index (χ2n) is 7.69. The molecule has 1 fully saturated rings. The summed E-state index contributed by atoms with van der Waals surface area (Å²) in [6.45, 7) is -1.80. The van der Waals surface area contributed by atoms with Gasteiger partial charge in [0.25, 0.3) is 5.91 Å². The van der Waals surface area contributed by atoms with Gasteiger partial charge in [-0.3, -0.25) is 9.59 Å². The van der Waals surface area contributed by atoms with Crippen LogP contribution in [0.25, 0.3) is 0 Å². The molecule has 0 radical (unpaired) electrons. The number of esters is 1. The number of hydrogen-bond donors (Lipinski definition) is 1. The Morgan fingerprint density at radius 3 is 2.30 bits per heavy atom. The van der Waals surface area contributed by atoms with Crippen molar-refractivity contribution >= 4 is 17.6 Å². The SMILES string of the molecule is O=C(OCC(F)(F)F)[C@@H]1CC[C@H](NC(=O)[C@@]2(C(F)(F)F)CC(c3cc(F)cc(F)c3)=NO2)C1. The molecule has 1 aliphatic heterocycles. The molecule has 1 aliphatic carbocycles. The molecule has 182 valence electrons. The molecular formula is C19H16F8N2O4. The molecule has 1 heterocycles. The standard InChI is InChI=1S/C19H16F8N2O4/c20-11-3-10(4-12(21)6-11)14-7-17(33-29-14,19(25,26)27)16(31)28-13-2-1-9(5-13)15(30)32-8-18(22,23)24/h3-4,6,9,13H,1-2,5,7-8H2,(H,28,31)/t9-,13+,17-/m1/s1. The molecule has 3 atom stereocenters. The zero-order valence-corrected chi connectivity index (χ0v) is 16.5. The maximum absolute atomic E-state index is 13.8. The normalized spacial score (nSPS) is 25.4. The second kappa shape index (κ2) is 8.78. The molecule has 6 nitrogen and oxygen atoms in total. The van der Waals surface area contributed by atoms with Crippen LogP contribution in [-0.4, -0.2) is 48.2 Å². The van der Waals surface area contributed by atoms with Crippen LogP contribution in [0.4, 0.5) is 35.1 Å². The Balaban J connectivity index is 1.68. The molecule has 0 unspecified atom stereocenters. The minimum Gasteiger partial charge on any atom is -0.456 e. The van der Waals surface area contributed by atoms with Gasteiger partial charge in [0.05, 0.1) is 18.1 Å². The van der Waals surface area contributed by atoms with Gasteiger partial charge in [0.2, 0.25) is 0 Å². The van der Waals surface area contributed by atoms with Crippen molar-refractivity contribution in [3.63, 3.8) is 0 Å². The van der Waals surface area contributed by atoms with E-state index in [1.165, 1.54) is 0 Å². The third kappa shape index (κ3) is 5.53. The number of carbonyl (C=O) groups excluding carboxylic acids is 2. The number of hydrogen-bond acceptors (Lipinski definition) is 5. The number of rotatable bonds is 5. The van der Waals surface area contributed by atoms with Gasteiger partial charge in [-0.05, 0) is 31.4 Å². The molecule has 14 heteroatoms. The van der Waals surface area contributed by atoms with E-state index in [4.69, 9.17) is 0 Å². The van der Waals surface area contributed by atoms with Crippen LogP contribution >= 0.6 is 0 Å². The highest BCUT2D eigenvalue weighted by Crippen LogP contribution is 2.42. The van der Waals surface area contributed by atoms with Crippen molar-refractivity contribution in [1.82, 2.24) is 5.32 Å². The van der Waals surface area contributed by atoms with E-state index in [0.717, 1.165) is 12.1 Å². The molecule has 1 amide bonds. The molecule has 2 aliphatic rings. The first-order valence-corrected chi connectivity index (χ1v) is 9.53. The number of carbonyl (C=O) groups is 2. The van der Waals surface area contributed by atoms with E-state index in [0.29, 0.717) is 6.07 Å². The highest BCUT2D eigenvalue weighted by Gasteiger charge is 2.67. The van der Waals surface area contributed by atoms with E-state index in [1.54, 1.807) is 0 Å². The fourth-order valence-electron chi connectivity index (χ4n) is 3.61. The van der Waals surface area contributed by atoms with Crippen molar-refractivity contribution in [1.29, 1.82) is 0 Å². The number of amides is 1. The lowest BCUT2D eigenvalue weighted by Gasteiger charge is -2.29. The molecule has 1 saturated carbocycles.